The van der Waals surface area contributed by atoms with Gasteiger partial charge in [-0.1, -0.05) is 54.1 Å². The molecular weight excluding hydrogens is 372 g/mol. The van der Waals surface area contributed by atoms with Crippen molar-refractivity contribution in [2.45, 2.75) is 6.92 Å². The van der Waals surface area contributed by atoms with Crippen molar-refractivity contribution in [3.8, 4) is 11.1 Å². The van der Waals surface area contributed by atoms with Crippen LogP contribution in [0, 0.1) is 6.92 Å². The van der Waals surface area contributed by atoms with Gasteiger partial charge in [0.1, 0.15) is 5.69 Å². The smallest absolute Gasteiger partial charge is 0.288 e. The second kappa shape index (κ2) is 8.25. The lowest BCUT2D eigenvalue weighted by atomic mass is 10.0. The van der Waals surface area contributed by atoms with Gasteiger partial charge in [0.2, 0.25) is 0 Å². The van der Waals surface area contributed by atoms with E-state index >= 15 is 0 Å². The molecule has 0 aliphatic carbocycles. The zero-order valence-electron chi connectivity index (χ0n) is 17.3. The number of nitrogens with zero attached hydrogens (tertiary/aromatic N) is 2. The van der Waals surface area contributed by atoms with Gasteiger partial charge in [-0.2, -0.15) is 5.10 Å². The van der Waals surface area contributed by atoms with Crippen LogP contribution in [-0.2, 0) is 0 Å². The van der Waals surface area contributed by atoms with Crippen molar-refractivity contribution >= 4 is 28.7 Å². The largest absolute Gasteiger partial charge is 0.378 e. The Hall–Kier alpha value is -3.86. The Morgan fingerprint density at radius 3 is 2.43 bits per heavy atom. The van der Waals surface area contributed by atoms with Crippen LogP contribution in [0.15, 0.2) is 77.9 Å². The molecule has 0 aliphatic rings. The number of anilines is 1. The number of amides is 1. The van der Waals surface area contributed by atoms with Gasteiger partial charge < -0.3 is 9.88 Å². The van der Waals surface area contributed by atoms with E-state index in [2.05, 4.69) is 21.6 Å². The number of aryl methyl sites for hydroxylation is 1. The van der Waals surface area contributed by atoms with Gasteiger partial charge in [-0.05, 0) is 42.3 Å². The molecule has 0 spiro atoms. The molecule has 0 aliphatic heterocycles. The maximum absolute atomic E-state index is 13.0. The number of nitrogens with one attached hydrogen (secondary N) is 2. The average molecular weight is 396 g/mol. The molecule has 0 bridgehead atoms. The summed E-state index contributed by atoms with van der Waals surface area (Å²) < 4.78 is 0. The van der Waals surface area contributed by atoms with E-state index in [0.29, 0.717) is 5.69 Å². The molecule has 1 aromatic heterocycles. The van der Waals surface area contributed by atoms with Crippen LogP contribution in [0.4, 0.5) is 5.69 Å². The molecule has 1 amide bonds. The molecule has 0 saturated heterocycles. The fourth-order valence-electron chi connectivity index (χ4n) is 3.46. The zero-order chi connectivity index (χ0) is 21.1. The third kappa shape index (κ3) is 3.96. The highest BCUT2D eigenvalue weighted by molar-refractivity contribution is 6.10. The van der Waals surface area contributed by atoms with Gasteiger partial charge in [0.25, 0.3) is 5.91 Å². The number of carbonyl (C=O) groups excluding carboxylic acids is 1. The highest BCUT2D eigenvalue weighted by Gasteiger charge is 2.19. The number of aromatic nitrogens is 1. The number of hydrogen-bond acceptors (Lipinski definition) is 3. The number of carbonyl (C=O) groups is 1. The van der Waals surface area contributed by atoms with Crippen molar-refractivity contribution in [1.82, 2.24) is 10.4 Å². The second-order valence-corrected chi connectivity index (χ2v) is 7.48. The summed E-state index contributed by atoms with van der Waals surface area (Å²) in [5, 5.41) is 5.18. The average Bonchev–Trinajstić information content (AvgIpc) is 3.13. The minimum Gasteiger partial charge on any atom is -0.378 e. The highest BCUT2D eigenvalue weighted by atomic mass is 16.2. The van der Waals surface area contributed by atoms with Gasteiger partial charge in [-0.15, -0.1) is 0 Å². The Morgan fingerprint density at radius 1 is 1.00 bits per heavy atom. The molecule has 4 aromatic rings. The minimum atomic E-state index is -0.274. The van der Waals surface area contributed by atoms with Crippen LogP contribution < -0.4 is 10.3 Å². The summed E-state index contributed by atoms with van der Waals surface area (Å²) in [6, 6.07) is 24.0. The fourth-order valence-corrected chi connectivity index (χ4v) is 3.46. The number of aromatic amines is 1. The molecule has 0 saturated carbocycles. The summed E-state index contributed by atoms with van der Waals surface area (Å²) in [6.07, 6.45) is 1.65. The fraction of sp³-hybridized carbons (Fsp3) is 0.120. The van der Waals surface area contributed by atoms with E-state index in [-0.39, 0.29) is 5.91 Å². The van der Waals surface area contributed by atoms with Crippen LogP contribution in [0.1, 0.15) is 21.6 Å². The topological polar surface area (TPSA) is 60.5 Å². The first-order valence-corrected chi connectivity index (χ1v) is 9.81. The molecule has 5 nitrogen and oxygen atoms in total. The van der Waals surface area contributed by atoms with Gasteiger partial charge in [-0.3, -0.25) is 4.79 Å². The normalized spacial score (nSPS) is 11.2. The van der Waals surface area contributed by atoms with E-state index in [1.54, 1.807) is 6.21 Å². The molecule has 1 heterocycles. The van der Waals surface area contributed by atoms with E-state index in [9.17, 15) is 4.79 Å². The van der Waals surface area contributed by atoms with Crippen LogP contribution in [0.25, 0.3) is 22.0 Å². The Kier molecular flexibility index (Phi) is 5.35. The molecule has 3 aromatic carbocycles. The van der Waals surface area contributed by atoms with Crippen molar-refractivity contribution in [2.24, 2.45) is 5.10 Å². The molecular formula is C25H24N4O. The highest BCUT2D eigenvalue weighted by Crippen LogP contribution is 2.33. The first-order valence-electron chi connectivity index (χ1n) is 9.81. The van der Waals surface area contributed by atoms with Crippen LogP contribution >= 0.6 is 0 Å². The summed E-state index contributed by atoms with van der Waals surface area (Å²) >= 11 is 0. The lowest BCUT2D eigenvalue weighted by molar-refractivity contribution is 0.0951. The summed E-state index contributed by atoms with van der Waals surface area (Å²) in [7, 11) is 3.99. The lowest BCUT2D eigenvalue weighted by Crippen LogP contribution is -2.18. The van der Waals surface area contributed by atoms with E-state index in [4.69, 9.17) is 0 Å². The number of H-pyrrole nitrogens is 1. The predicted molar refractivity (Wildman–Crippen MR) is 124 cm³/mol. The summed E-state index contributed by atoms with van der Waals surface area (Å²) in [5.74, 6) is -0.274. The lowest BCUT2D eigenvalue weighted by Gasteiger charge is -2.11. The Labute approximate surface area is 176 Å². The molecule has 0 unspecified atom stereocenters. The van der Waals surface area contributed by atoms with Crippen LogP contribution in [0.5, 0.6) is 0 Å². The quantitative estimate of drug-likeness (QED) is 0.369. The Balaban J connectivity index is 1.63. The first-order chi connectivity index (χ1) is 14.5. The maximum Gasteiger partial charge on any atom is 0.288 e. The predicted octanol–water partition coefficient (Wildman–Crippen LogP) is 4.97. The molecule has 0 fully saturated rings. The van der Waals surface area contributed by atoms with Gasteiger partial charge in [0.05, 0.1) is 6.21 Å². The number of fused-ring (bicyclic) bond motifs is 1. The van der Waals surface area contributed by atoms with Crippen molar-refractivity contribution in [2.75, 3.05) is 19.0 Å². The third-order valence-electron chi connectivity index (χ3n) is 5.03. The van der Waals surface area contributed by atoms with Crippen LogP contribution in [0.3, 0.4) is 0 Å². The van der Waals surface area contributed by atoms with E-state index in [0.717, 1.165) is 38.8 Å². The standard InChI is InChI=1S/C25H24N4O/c1-17-9-14-22-21(15-17)23(19-7-5-4-6-8-19)24(27-22)25(30)28-26-16-18-10-12-20(13-11-18)29(2)3/h4-16,27H,1-3H3,(H,28,30). The van der Waals surface area contributed by atoms with Crippen molar-refractivity contribution in [1.29, 1.82) is 0 Å². The first kappa shape index (κ1) is 19.5. The van der Waals surface area contributed by atoms with Gasteiger partial charge in [0, 0.05) is 36.2 Å². The summed E-state index contributed by atoms with van der Waals surface area (Å²) in [4.78, 5) is 18.3. The van der Waals surface area contributed by atoms with Crippen molar-refractivity contribution in [3.05, 3.63) is 89.6 Å². The minimum absolute atomic E-state index is 0.274. The molecule has 150 valence electrons. The van der Waals surface area contributed by atoms with Gasteiger partial charge >= 0.3 is 0 Å². The van der Waals surface area contributed by atoms with Gasteiger partial charge in [0.15, 0.2) is 0 Å². The van der Waals surface area contributed by atoms with E-state index in [1.165, 1.54) is 0 Å². The van der Waals surface area contributed by atoms with Crippen molar-refractivity contribution < 1.29 is 4.79 Å². The number of rotatable bonds is 5. The van der Waals surface area contributed by atoms with Gasteiger partial charge in [-0.25, -0.2) is 5.43 Å². The number of benzene rings is 3. The zero-order valence-corrected chi connectivity index (χ0v) is 17.3. The SMILES string of the molecule is Cc1ccc2[nH]c(C(=O)NN=Cc3ccc(N(C)C)cc3)c(-c3ccccc3)c2c1. The summed E-state index contributed by atoms with van der Waals surface area (Å²) in [5.41, 5.74) is 9.13. The third-order valence-corrected chi connectivity index (χ3v) is 5.03. The molecule has 5 heteroatoms. The number of hydrogen-bond donors (Lipinski definition) is 2. The summed E-state index contributed by atoms with van der Waals surface area (Å²) in [6.45, 7) is 2.05. The molecule has 30 heavy (non-hydrogen) atoms. The van der Waals surface area contributed by atoms with E-state index in [1.807, 2.05) is 92.6 Å². The molecule has 0 atom stereocenters. The Morgan fingerprint density at radius 2 is 1.73 bits per heavy atom. The molecule has 4 rings (SSSR count). The molecule has 2 N–H and O–H groups in total. The Bertz CT molecular complexity index is 1210. The maximum atomic E-state index is 13.0. The van der Waals surface area contributed by atoms with Crippen molar-refractivity contribution in [3.63, 3.8) is 0 Å². The number of hydrazone groups is 1. The monoisotopic (exact) mass is 396 g/mol. The second-order valence-electron chi connectivity index (χ2n) is 7.48. The van der Waals surface area contributed by atoms with Crippen LogP contribution in [0.2, 0.25) is 0 Å². The molecule has 0 radical (unpaired) electrons. The van der Waals surface area contributed by atoms with Crippen LogP contribution in [-0.4, -0.2) is 31.2 Å². The van der Waals surface area contributed by atoms with E-state index < -0.39 is 0 Å².